The number of ether oxygens (including phenoxy) is 1. The van der Waals surface area contributed by atoms with Crippen LogP contribution in [0.5, 0.6) is 0 Å². The van der Waals surface area contributed by atoms with Crippen molar-refractivity contribution in [3.05, 3.63) is 36.1 Å². The first kappa shape index (κ1) is 9.02. The van der Waals surface area contributed by atoms with E-state index in [0.717, 1.165) is 0 Å². The lowest BCUT2D eigenvalue weighted by Gasteiger charge is -1.93. The van der Waals surface area contributed by atoms with Crippen molar-refractivity contribution in [2.45, 2.75) is 13.8 Å². The molecule has 0 amide bonds. The molecule has 0 N–H and O–H groups in total. The van der Waals surface area contributed by atoms with E-state index in [9.17, 15) is 0 Å². The fourth-order valence-electron chi connectivity index (χ4n) is 0.416. The molecule has 0 aromatic heterocycles. The first-order chi connectivity index (χ1) is 4.66. The zero-order valence-corrected chi connectivity index (χ0v) is 6.85. The summed E-state index contributed by atoms with van der Waals surface area (Å²) in [5.74, 6) is 0.678. The normalized spacial score (nSPS) is 9.50. The molecule has 0 aromatic carbocycles. The van der Waals surface area contributed by atoms with E-state index in [1.54, 1.807) is 7.11 Å². The van der Waals surface area contributed by atoms with Gasteiger partial charge in [0.15, 0.2) is 0 Å². The highest BCUT2D eigenvalue weighted by atomic mass is 16.5. The highest BCUT2D eigenvalue weighted by molar-refractivity contribution is 5.16. The van der Waals surface area contributed by atoms with Gasteiger partial charge in [0.1, 0.15) is 5.76 Å². The average Bonchev–Trinajstić information content (AvgIpc) is 1.87. The summed E-state index contributed by atoms with van der Waals surface area (Å²) >= 11 is 0. The Kier molecular flexibility index (Phi) is 4.38. The Morgan fingerprint density at radius 3 is 2.40 bits per heavy atom. The number of hydrogen-bond acceptors (Lipinski definition) is 1. The smallest absolute Gasteiger partial charge is 0.111 e. The van der Waals surface area contributed by atoms with Gasteiger partial charge in [-0.2, -0.15) is 0 Å². The van der Waals surface area contributed by atoms with Crippen LogP contribution in [0.4, 0.5) is 0 Å². The maximum absolute atomic E-state index is 4.82. The first-order valence-electron chi connectivity index (χ1n) is 3.21. The van der Waals surface area contributed by atoms with Crippen molar-refractivity contribution in [3.63, 3.8) is 0 Å². The minimum absolute atomic E-state index is 0.678. The van der Waals surface area contributed by atoms with Gasteiger partial charge in [-0.05, 0) is 19.9 Å². The van der Waals surface area contributed by atoms with Gasteiger partial charge in [-0.25, -0.2) is 0 Å². The predicted molar refractivity (Wildman–Crippen MR) is 44.7 cm³/mol. The van der Waals surface area contributed by atoms with E-state index in [1.807, 2.05) is 32.1 Å². The van der Waals surface area contributed by atoms with Gasteiger partial charge in [0.2, 0.25) is 0 Å². The summed E-state index contributed by atoms with van der Waals surface area (Å²) < 4.78 is 4.82. The molecule has 0 aliphatic heterocycles. The zero-order valence-electron chi connectivity index (χ0n) is 6.85. The highest BCUT2D eigenvalue weighted by Crippen LogP contribution is 1.94. The number of rotatable bonds is 3. The second-order valence-corrected chi connectivity index (χ2v) is 2.27. The SMILES string of the molecule is C=C(/C=C\C=C(C)C)OC. The van der Waals surface area contributed by atoms with Crippen LogP contribution < -0.4 is 0 Å². The molecule has 10 heavy (non-hydrogen) atoms. The minimum Gasteiger partial charge on any atom is -0.497 e. The molecule has 0 heterocycles. The van der Waals surface area contributed by atoms with Crippen LogP contribution in [0.3, 0.4) is 0 Å². The summed E-state index contributed by atoms with van der Waals surface area (Å²) in [5.41, 5.74) is 1.26. The van der Waals surface area contributed by atoms with E-state index in [2.05, 4.69) is 6.58 Å². The maximum Gasteiger partial charge on any atom is 0.111 e. The van der Waals surface area contributed by atoms with E-state index >= 15 is 0 Å². The Balaban J connectivity index is 3.77. The van der Waals surface area contributed by atoms with Crippen LogP contribution >= 0.6 is 0 Å². The Morgan fingerprint density at radius 1 is 1.40 bits per heavy atom. The van der Waals surface area contributed by atoms with Crippen molar-refractivity contribution in [2.24, 2.45) is 0 Å². The molecular weight excluding hydrogens is 124 g/mol. The van der Waals surface area contributed by atoms with Crippen LogP contribution in [0.15, 0.2) is 36.1 Å². The Bertz CT molecular complexity index is 160. The number of hydrogen-bond donors (Lipinski definition) is 0. The number of methoxy groups -OCH3 is 1. The molecule has 0 fully saturated rings. The third kappa shape index (κ3) is 5.16. The summed E-state index contributed by atoms with van der Waals surface area (Å²) in [7, 11) is 1.61. The summed E-state index contributed by atoms with van der Waals surface area (Å²) in [6, 6.07) is 0. The van der Waals surface area contributed by atoms with Crippen molar-refractivity contribution >= 4 is 0 Å². The quantitative estimate of drug-likeness (QED) is 0.430. The van der Waals surface area contributed by atoms with Gasteiger partial charge in [-0.1, -0.05) is 24.3 Å². The monoisotopic (exact) mass is 138 g/mol. The van der Waals surface area contributed by atoms with Crippen LogP contribution in [0.1, 0.15) is 13.8 Å². The fraction of sp³-hybridized carbons (Fsp3) is 0.333. The first-order valence-corrected chi connectivity index (χ1v) is 3.21. The van der Waals surface area contributed by atoms with E-state index in [4.69, 9.17) is 4.74 Å². The third-order valence-corrected chi connectivity index (χ3v) is 0.974. The molecule has 0 spiro atoms. The zero-order chi connectivity index (χ0) is 7.98. The van der Waals surface area contributed by atoms with Crippen LogP contribution in [-0.2, 0) is 4.74 Å². The summed E-state index contributed by atoms with van der Waals surface area (Å²) in [6.07, 6.45) is 5.75. The Morgan fingerprint density at radius 2 is 2.00 bits per heavy atom. The molecule has 1 heteroatoms. The largest absolute Gasteiger partial charge is 0.497 e. The van der Waals surface area contributed by atoms with Gasteiger partial charge in [0.05, 0.1) is 7.11 Å². The molecule has 0 aliphatic carbocycles. The maximum atomic E-state index is 4.82. The molecule has 0 aliphatic rings. The average molecular weight is 138 g/mol. The van der Waals surface area contributed by atoms with Gasteiger partial charge >= 0.3 is 0 Å². The van der Waals surface area contributed by atoms with E-state index in [-0.39, 0.29) is 0 Å². The van der Waals surface area contributed by atoms with Gasteiger partial charge in [0, 0.05) is 0 Å². The Labute approximate surface area is 62.7 Å². The fourth-order valence-corrected chi connectivity index (χ4v) is 0.416. The van der Waals surface area contributed by atoms with Gasteiger partial charge in [-0.3, -0.25) is 0 Å². The molecule has 1 nitrogen and oxygen atoms in total. The van der Waals surface area contributed by atoms with Crippen molar-refractivity contribution in [1.29, 1.82) is 0 Å². The van der Waals surface area contributed by atoms with Crippen LogP contribution in [0.25, 0.3) is 0 Å². The highest BCUT2D eigenvalue weighted by Gasteiger charge is 1.77. The standard InChI is InChI=1S/C9H14O/c1-8(2)6-5-7-9(3)10-4/h5-7H,3H2,1-2,4H3/b7-5-. The van der Waals surface area contributed by atoms with E-state index in [1.165, 1.54) is 5.57 Å². The topological polar surface area (TPSA) is 9.23 Å². The van der Waals surface area contributed by atoms with Crippen molar-refractivity contribution in [2.75, 3.05) is 7.11 Å². The molecular formula is C9H14O. The van der Waals surface area contributed by atoms with Crippen LogP contribution in [0, 0.1) is 0 Å². The lowest BCUT2D eigenvalue weighted by Crippen LogP contribution is -1.75. The number of allylic oxidation sites excluding steroid dienone is 4. The lowest BCUT2D eigenvalue weighted by molar-refractivity contribution is 0.309. The molecule has 0 bridgehead atoms. The molecule has 56 valence electrons. The molecule has 0 saturated heterocycles. The third-order valence-electron chi connectivity index (χ3n) is 0.974. The Hall–Kier alpha value is -0.980. The molecule has 0 radical (unpaired) electrons. The molecule has 0 atom stereocenters. The second kappa shape index (κ2) is 4.86. The molecule has 0 rings (SSSR count). The van der Waals surface area contributed by atoms with Crippen molar-refractivity contribution in [1.82, 2.24) is 0 Å². The van der Waals surface area contributed by atoms with Crippen molar-refractivity contribution < 1.29 is 4.74 Å². The summed E-state index contributed by atoms with van der Waals surface area (Å²) in [5, 5.41) is 0. The second-order valence-electron chi connectivity index (χ2n) is 2.27. The minimum atomic E-state index is 0.678. The predicted octanol–water partition coefficient (Wildman–Crippen LogP) is 2.67. The van der Waals surface area contributed by atoms with Gasteiger partial charge < -0.3 is 4.74 Å². The van der Waals surface area contributed by atoms with E-state index in [0.29, 0.717) is 5.76 Å². The molecule has 0 unspecified atom stereocenters. The van der Waals surface area contributed by atoms with E-state index < -0.39 is 0 Å². The van der Waals surface area contributed by atoms with Crippen LogP contribution in [-0.4, -0.2) is 7.11 Å². The van der Waals surface area contributed by atoms with Crippen molar-refractivity contribution in [3.8, 4) is 0 Å². The van der Waals surface area contributed by atoms with Gasteiger partial charge in [-0.15, -0.1) is 0 Å². The lowest BCUT2D eigenvalue weighted by atomic mass is 10.3. The summed E-state index contributed by atoms with van der Waals surface area (Å²) in [4.78, 5) is 0. The van der Waals surface area contributed by atoms with Crippen LogP contribution in [0.2, 0.25) is 0 Å². The molecule has 0 aromatic rings. The summed E-state index contributed by atoms with van der Waals surface area (Å²) in [6.45, 7) is 7.71. The van der Waals surface area contributed by atoms with Gasteiger partial charge in [0.25, 0.3) is 0 Å². The molecule has 0 saturated carbocycles.